The van der Waals surface area contributed by atoms with Crippen LogP contribution in [0.2, 0.25) is 0 Å². The van der Waals surface area contributed by atoms with Gasteiger partial charge in [0.1, 0.15) is 5.75 Å². The van der Waals surface area contributed by atoms with Crippen LogP contribution in [0, 0.1) is 11.8 Å². The third-order valence-electron chi connectivity index (χ3n) is 3.25. The molecular weight excluding hydrogens is 246 g/mol. The monoisotopic (exact) mass is 261 g/mol. The zero-order chi connectivity index (χ0) is 13.8. The lowest BCUT2D eigenvalue weighted by Crippen LogP contribution is -1.92. The Kier molecular flexibility index (Phi) is 3.43. The molecular formula is C18H15NO. The molecule has 2 aromatic carbocycles. The highest BCUT2D eigenvalue weighted by Gasteiger charge is 1.97. The van der Waals surface area contributed by atoms with E-state index in [0.717, 1.165) is 11.3 Å². The quantitative estimate of drug-likeness (QED) is 0.642. The molecule has 1 aromatic heterocycles. The lowest BCUT2D eigenvalue weighted by molar-refractivity contribution is 0.415. The molecule has 0 aliphatic rings. The molecule has 0 aliphatic carbocycles. The van der Waals surface area contributed by atoms with Crippen LogP contribution in [0.3, 0.4) is 0 Å². The summed E-state index contributed by atoms with van der Waals surface area (Å²) in [6.07, 6.45) is 2.08. The first-order valence-electron chi connectivity index (χ1n) is 6.53. The van der Waals surface area contributed by atoms with Crippen LogP contribution in [0.4, 0.5) is 0 Å². The van der Waals surface area contributed by atoms with Crippen molar-refractivity contribution in [2.45, 2.75) is 6.54 Å². The number of fused-ring (bicyclic) bond motifs is 1. The fraction of sp³-hybridized carbons (Fsp3) is 0.111. The molecule has 0 amide bonds. The number of nitrogens with zero attached hydrogens (tertiary/aromatic N) is 1. The van der Waals surface area contributed by atoms with Gasteiger partial charge in [0.2, 0.25) is 0 Å². The van der Waals surface area contributed by atoms with Crippen LogP contribution in [0.15, 0.2) is 60.8 Å². The minimum absolute atomic E-state index is 0.694. The van der Waals surface area contributed by atoms with Crippen molar-refractivity contribution in [1.29, 1.82) is 0 Å². The zero-order valence-electron chi connectivity index (χ0n) is 11.3. The van der Waals surface area contributed by atoms with E-state index in [1.165, 1.54) is 10.9 Å². The van der Waals surface area contributed by atoms with Gasteiger partial charge in [0.15, 0.2) is 0 Å². The lowest BCUT2D eigenvalue weighted by Gasteiger charge is -1.99. The van der Waals surface area contributed by atoms with Crippen molar-refractivity contribution in [2.75, 3.05) is 7.11 Å². The Hall–Kier alpha value is -2.66. The predicted molar refractivity (Wildman–Crippen MR) is 81.8 cm³/mol. The van der Waals surface area contributed by atoms with Crippen LogP contribution in [0.1, 0.15) is 5.56 Å². The summed E-state index contributed by atoms with van der Waals surface area (Å²) in [4.78, 5) is 0. The third kappa shape index (κ3) is 2.53. The maximum absolute atomic E-state index is 5.13. The Balaban J connectivity index is 1.77. The third-order valence-corrected chi connectivity index (χ3v) is 3.25. The molecule has 0 aliphatic heterocycles. The maximum Gasteiger partial charge on any atom is 0.118 e. The summed E-state index contributed by atoms with van der Waals surface area (Å²) in [6, 6.07) is 18.2. The molecule has 1 heterocycles. The van der Waals surface area contributed by atoms with E-state index in [1.807, 2.05) is 24.3 Å². The fourth-order valence-electron chi connectivity index (χ4n) is 2.18. The summed E-state index contributed by atoms with van der Waals surface area (Å²) < 4.78 is 7.29. The van der Waals surface area contributed by atoms with Gasteiger partial charge in [-0.3, -0.25) is 0 Å². The second kappa shape index (κ2) is 5.54. The van der Waals surface area contributed by atoms with E-state index >= 15 is 0 Å². The van der Waals surface area contributed by atoms with E-state index in [-0.39, 0.29) is 0 Å². The van der Waals surface area contributed by atoms with E-state index in [0.29, 0.717) is 6.54 Å². The molecule has 2 heteroatoms. The van der Waals surface area contributed by atoms with Crippen molar-refractivity contribution in [3.8, 4) is 17.6 Å². The first-order valence-corrected chi connectivity index (χ1v) is 6.53. The number of benzene rings is 2. The molecule has 2 nitrogen and oxygen atoms in total. The Morgan fingerprint density at radius 2 is 1.80 bits per heavy atom. The van der Waals surface area contributed by atoms with Crippen LogP contribution in [-0.4, -0.2) is 11.7 Å². The van der Waals surface area contributed by atoms with Gasteiger partial charge in [0.05, 0.1) is 13.7 Å². The van der Waals surface area contributed by atoms with E-state index < -0.39 is 0 Å². The molecule has 0 saturated carbocycles. The number of hydrogen-bond donors (Lipinski definition) is 0. The summed E-state index contributed by atoms with van der Waals surface area (Å²) in [5, 5.41) is 1.25. The number of ether oxygens (including phenoxy) is 1. The Morgan fingerprint density at radius 3 is 2.60 bits per heavy atom. The normalized spacial score (nSPS) is 10.1. The van der Waals surface area contributed by atoms with Gasteiger partial charge in [-0.2, -0.15) is 0 Å². The molecule has 0 N–H and O–H groups in total. The van der Waals surface area contributed by atoms with E-state index in [4.69, 9.17) is 4.74 Å². The van der Waals surface area contributed by atoms with Gasteiger partial charge in [-0.05, 0) is 41.8 Å². The Labute approximate surface area is 118 Å². The minimum atomic E-state index is 0.694. The standard InChI is InChI=1S/C18H15NO/c1-20-17-10-8-15(9-11-17)5-4-13-19-14-12-16-6-2-3-7-18(16)19/h2-3,6-12,14H,13H2,1H3. The van der Waals surface area contributed by atoms with Crippen LogP contribution in [0.5, 0.6) is 5.75 Å². The maximum atomic E-state index is 5.13. The van der Waals surface area contributed by atoms with Crippen LogP contribution >= 0.6 is 0 Å². The molecule has 3 aromatic rings. The lowest BCUT2D eigenvalue weighted by atomic mass is 10.2. The van der Waals surface area contributed by atoms with E-state index in [1.54, 1.807) is 7.11 Å². The number of rotatable bonds is 2. The highest BCUT2D eigenvalue weighted by atomic mass is 16.5. The summed E-state index contributed by atoms with van der Waals surface area (Å²) in [7, 11) is 1.66. The van der Waals surface area contributed by atoms with Crippen LogP contribution in [0.25, 0.3) is 10.9 Å². The predicted octanol–water partition coefficient (Wildman–Crippen LogP) is 3.70. The van der Waals surface area contributed by atoms with Crippen molar-refractivity contribution < 1.29 is 4.74 Å². The van der Waals surface area contributed by atoms with E-state index in [9.17, 15) is 0 Å². The van der Waals surface area contributed by atoms with Crippen LogP contribution < -0.4 is 4.74 Å². The topological polar surface area (TPSA) is 14.2 Å². The number of para-hydroxylation sites is 1. The van der Waals surface area contributed by atoms with Crippen LogP contribution in [-0.2, 0) is 6.54 Å². The van der Waals surface area contributed by atoms with Crippen molar-refractivity contribution >= 4 is 10.9 Å². The molecule has 20 heavy (non-hydrogen) atoms. The van der Waals surface area contributed by atoms with Crippen molar-refractivity contribution in [2.24, 2.45) is 0 Å². The van der Waals surface area contributed by atoms with Crippen molar-refractivity contribution in [3.05, 3.63) is 66.4 Å². The average Bonchev–Trinajstić information content (AvgIpc) is 2.92. The molecule has 0 radical (unpaired) electrons. The summed E-state index contributed by atoms with van der Waals surface area (Å²) in [6.45, 7) is 0.694. The first kappa shape index (κ1) is 12.4. The Morgan fingerprint density at radius 1 is 1.00 bits per heavy atom. The van der Waals surface area contributed by atoms with Gasteiger partial charge in [-0.15, -0.1) is 0 Å². The van der Waals surface area contributed by atoms with Gasteiger partial charge in [-0.1, -0.05) is 30.0 Å². The Bertz CT molecular complexity index is 772. The smallest absolute Gasteiger partial charge is 0.118 e. The first-order chi connectivity index (χ1) is 9.86. The van der Waals surface area contributed by atoms with Gasteiger partial charge >= 0.3 is 0 Å². The molecule has 98 valence electrons. The summed E-state index contributed by atoms with van der Waals surface area (Å²) in [5.41, 5.74) is 2.22. The highest BCUT2D eigenvalue weighted by molar-refractivity contribution is 5.79. The highest BCUT2D eigenvalue weighted by Crippen LogP contribution is 2.14. The zero-order valence-corrected chi connectivity index (χ0v) is 11.3. The summed E-state index contributed by atoms with van der Waals surface area (Å²) >= 11 is 0. The average molecular weight is 261 g/mol. The van der Waals surface area contributed by atoms with Gasteiger partial charge in [-0.25, -0.2) is 0 Å². The number of hydrogen-bond acceptors (Lipinski definition) is 1. The second-order valence-electron chi connectivity index (χ2n) is 4.53. The molecule has 0 spiro atoms. The van der Waals surface area contributed by atoms with Gasteiger partial charge in [0, 0.05) is 17.3 Å². The molecule has 0 saturated heterocycles. The largest absolute Gasteiger partial charge is 0.497 e. The van der Waals surface area contributed by atoms with E-state index in [2.05, 4.69) is 52.9 Å². The van der Waals surface area contributed by atoms with Gasteiger partial charge < -0.3 is 9.30 Å². The summed E-state index contributed by atoms with van der Waals surface area (Å²) in [5.74, 6) is 7.23. The molecule has 0 unspecified atom stereocenters. The number of methoxy groups -OCH3 is 1. The van der Waals surface area contributed by atoms with Crippen molar-refractivity contribution in [1.82, 2.24) is 4.57 Å². The van der Waals surface area contributed by atoms with Gasteiger partial charge in [0.25, 0.3) is 0 Å². The SMILES string of the molecule is COc1ccc(C#CCn2ccc3ccccc32)cc1. The molecule has 0 atom stereocenters. The number of aromatic nitrogens is 1. The fourth-order valence-corrected chi connectivity index (χ4v) is 2.18. The van der Waals surface area contributed by atoms with Crippen molar-refractivity contribution in [3.63, 3.8) is 0 Å². The molecule has 3 rings (SSSR count). The minimum Gasteiger partial charge on any atom is -0.497 e. The molecule has 0 fully saturated rings. The molecule has 0 bridgehead atoms. The second-order valence-corrected chi connectivity index (χ2v) is 4.53.